The molecular weight excluding hydrogens is 274 g/mol. The number of amides is 1. The lowest BCUT2D eigenvalue weighted by Crippen LogP contribution is -2.28. The van der Waals surface area contributed by atoms with Gasteiger partial charge in [-0.25, -0.2) is 0 Å². The molecular formula is C15H15NO3S. The Morgan fingerprint density at radius 3 is 2.30 bits per heavy atom. The number of rotatable bonds is 4. The number of hydrogen-bond donors (Lipinski definition) is 2. The summed E-state index contributed by atoms with van der Waals surface area (Å²) in [6.45, 7) is 3.29. The van der Waals surface area contributed by atoms with Gasteiger partial charge in [-0.05, 0) is 43.0 Å². The molecule has 0 spiro atoms. The quantitative estimate of drug-likeness (QED) is 0.907. The molecule has 2 rings (SSSR count). The topological polar surface area (TPSA) is 66.4 Å². The number of nitrogens with one attached hydrogen (secondary N) is 1. The number of hydrogen-bond acceptors (Lipinski definition) is 3. The maximum atomic E-state index is 11.9. The van der Waals surface area contributed by atoms with E-state index in [1.165, 1.54) is 11.3 Å². The Kier molecular flexibility index (Phi) is 3.90. The first kappa shape index (κ1) is 14.3. The van der Waals surface area contributed by atoms with E-state index in [2.05, 4.69) is 5.32 Å². The summed E-state index contributed by atoms with van der Waals surface area (Å²) >= 11 is 1.37. The van der Waals surface area contributed by atoms with Crippen molar-refractivity contribution in [3.63, 3.8) is 0 Å². The van der Waals surface area contributed by atoms with Crippen molar-refractivity contribution < 1.29 is 14.7 Å². The Morgan fingerprint density at radius 1 is 1.15 bits per heavy atom. The molecule has 1 heterocycles. The van der Waals surface area contributed by atoms with Gasteiger partial charge in [0.1, 0.15) is 0 Å². The lowest BCUT2D eigenvalue weighted by atomic mass is 9.85. The van der Waals surface area contributed by atoms with Crippen LogP contribution in [0.25, 0.3) is 0 Å². The van der Waals surface area contributed by atoms with E-state index in [0.717, 1.165) is 0 Å². The molecule has 5 heteroatoms. The van der Waals surface area contributed by atoms with Crippen molar-refractivity contribution in [3.8, 4) is 0 Å². The second-order valence-corrected chi connectivity index (χ2v) is 5.89. The molecule has 0 saturated carbocycles. The van der Waals surface area contributed by atoms with Gasteiger partial charge in [0.05, 0.1) is 10.3 Å². The van der Waals surface area contributed by atoms with Crippen molar-refractivity contribution in [2.24, 2.45) is 0 Å². The molecule has 2 aromatic rings. The van der Waals surface area contributed by atoms with E-state index in [0.29, 0.717) is 16.1 Å². The lowest BCUT2D eigenvalue weighted by Gasteiger charge is -2.19. The van der Waals surface area contributed by atoms with Gasteiger partial charge in [-0.15, -0.1) is 11.3 Å². The van der Waals surface area contributed by atoms with Gasteiger partial charge >= 0.3 is 5.97 Å². The normalized spacial score (nSPS) is 11.1. The van der Waals surface area contributed by atoms with E-state index >= 15 is 0 Å². The van der Waals surface area contributed by atoms with Crippen LogP contribution in [0.4, 0.5) is 5.69 Å². The van der Waals surface area contributed by atoms with Gasteiger partial charge in [0, 0.05) is 5.69 Å². The summed E-state index contributed by atoms with van der Waals surface area (Å²) in [4.78, 5) is 23.7. The zero-order chi connectivity index (χ0) is 14.8. The molecule has 0 aliphatic heterocycles. The summed E-state index contributed by atoms with van der Waals surface area (Å²) in [5, 5.41) is 13.8. The first-order valence-electron chi connectivity index (χ1n) is 6.10. The Hall–Kier alpha value is -2.14. The molecule has 1 amide bonds. The van der Waals surface area contributed by atoms with Gasteiger partial charge in [0.2, 0.25) is 0 Å². The molecule has 20 heavy (non-hydrogen) atoms. The van der Waals surface area contributed by atoms with Crippen LogP contribution in [-0.4, -0.2) is 17.0 Å². The highest BCUT2D eigenvalue weighted by Crippen LogP contribution is 2.25. The highest BCUT2D eigenvalue weighted by Gasteiger charge is 2.29. The maximum absolute atomic E-state index is 11.9. The molecule has 0 aliphatic carbocycles. The summed E-state index contributed by atoms with van der Waals surface area (Å²) in [6.07, 6.45) is 0. The van der Waals surface area contributed by atoms with Gasteiger partial charge in [0.25, 0.3) is 5.91 Å². The molecule has 1 aromatic carbocycles. The van der Waals surface area contributed by atoms with E-state index in [9.17, 15) is 9.59 Å². The molecule has 0 fully saturated rings. The Labute approximate surface area is 121 Å². The first-order valence-corrected chi connectivity index (χ1v) is 6.98. The number of carbonyl (C=O) groups is 2. The van der Waals surface area contributed by atoms with Crippen LogP contribution in [0.15, 0.2) is 41.8 Å². The minimum absolute atomic E-state index is 0.162. The summed E-state index contributed by atoms with van der Waals surface area (Å²) in [6, 6.07) is 10.4. The molecule has 0 unspecified atom stereocenters. The van der Waals surface area contributed by atoms with E-state index < -0.39 is 11.4 Å². The monoisotopic (exact) mass is 289 g/mol. The number of thiophene rings is 1. The van der Waals surface area contributed by atoms with Crippen LogP contribution in [-0.2, 0) is 10.2 Å². The standard InChI is InChI=1S/C15H15NO3S/c1-15(2,14(18)19)10-5-7-11(8-6-10)16-13(17)12-4-3-9-20-12/h3-9H,1-2H3,(H,16,17)(H,18,19). The smallest absolute Gasteiger partial charge is 0.313 e. The van der Waals surface area contributed by atoms with Crippen LogP contribution < -0.4 is 5.32 Å². The van der Waals surface area contributed by atoms with Crippen molar-refractivity contribution >= 4 is 28.9 Å². The fraction of sp³-hybridized carbons (Fsp3) is 0.200. The molecule has 4 nitrogen and oxygen atoms in total. The van der Waals surface area contributed by atoms with Crippen LogP contribution in [0.3, 0.4) is 0 Å². The molecule has 0 saturated heterocycles. The van der Waals surface area contributed by atoms with Gasteiger partial charge in [-0.2, -0.15) is 0 Å². The van der Waals surface area contributed by atoms with Crippen molar-refractivity contribution in [2.75, 3.05) is 5.32 Å². The number of carbonyl (C=O) groups excluding carboxylic acids is 1. The average molecular weight is 289 g/mol. The molecule has 1 aromatic heterocycles. The zero-order valence-corrected chi connectivity index (χ0v) is 12.0. The second-order valence-electron chi connectivity index (χ2n) is 4.94. The predicted octanol–water partition coefficient (Wildman–Crippen LogP) is 3.36. The first-order chi connectivity index (χ1) is 9.41. The van der Waals surface area contributed by atoms with Crippen molar-refractivity contribution in [3.05, 3.63) is 52.2 Å². The third kappa shape index (κ3) is 2.88. The molecule has 0 bridgehead atoms. The molecule has 0 radical (unpaired) electrons. The highest BCUT2D eigenvalue weighted by atomic mass is 32.1. The van der Waals surface area contributed by atoms with E-state index in [1.807, 2.05) is 11.4 Å². The minimum atomic E-state index is -0.948. The molecule has 0 aliphatic rings. The van der Waals surface area contributed by atoms with Gasteiger partial charge in [-0.1, -0.05) is 18.2 Å². The van der Waals surface area contributed by atoms with Crippen LogP contribution in [0.2, 0.25) is 0 Å². The van der Waals surface area contributed by atoms with Crippen LogP contribution in [0.5, 0.6) is 0 Å². The molecule has 104 valence electrons. The summed E-state index contributed by atoms with van der Waals surface area (Å²) in [5.74, 6) is -1.04. The Morgan fingerprint density at radius 2 is 1.80 bits per heavy atom. The number of benzene rings is 1. The van der Waals surface area contributed by atoms with Crippen molar-refractivity contribution in [1.82, 2.24) is 0 Å². The highest BCUT2D eigenvalue weighted by molar-refractivity contribution is 7.12. The second kappa shape index (κ2) is 5.46. The predicted molar refractivity (Wildman–Crippen MR) is 79.4 cm³/mol. The fourth-order valence-electron chi connectivity index (χ4n) is 1.69. The summed E-state index contributed by atoms with van der Waals surface area (Å²) in [7, 11) is 0. The summed E-state index contributed by atoms with van der Waals surface area (Å²) < 4.78 is 0. The number of carboxylic acids is 1. The SMILES string of the molecule is CC(C)(C(=O)O)c1ccc(NC(=O)c2cccs2)cc1. The molecule has 0 atom stereocenters. The summed E-state index contributed by atoms with van der Waals surface area (Å²) in [5.41, 5.74) is 0.392. The van der Waals surface area contributed by atoms with Gasteiger partial charge in [-0.3, -0.25) is 9.59 Å². The third-order valence-electron chi connectivity index (χ3n) is 3.14. The maximum Gasteiger partial charge on any atom is 0.313 e. The van der Waals surface area contributed by atoms with E-state index in [-0.39, 0.29) is 5.91 Å². The largest absolute Gasteiger partial charge is 0.481 e. The fourth-order valence-corrected chi connectivity index (χ4v) is 2.31. The number of anilines is 1. The van der Waals surface area contributed by atoms with E-state index in [1.54, 1.807) is 44.2 Å². The van der Waals surface area contributed by atoms with Crippen LogP contribution in [0, 0.1) is 0 Å². The van der Waals surface area contributed by atoms with E-state index in [4.69, 9.17) is 5.11 Å². The van der Waals surface area contributed by atoms with Crippen molar-refractivity contribution in [2.45, 2.75) is 19.3 Å². The number of aliphatic carboxylic acids is 1. The third-order valence-corrected chi connectivity index (χ3v) is 4.01. The Balaban J connectivity index is 2.13. The minimum Gasteiger partial charge on any atom is -0.481 e. The van der Waals surface area contributed by atoms with Gasteiger partial charge in [0.15, 0.2) is 0 Å². The number of carboxylic acid groups (broad SMARTS) is 1. The average Bonchev–Trinajstić information content (AvgIpc) is 2.93. The zero-order valence-electron chi connectivity index (χ0n) is 11.2. The van der Waals surface area contributed by atoms with Crippen LogP contribution in [0.1, 0.15) is 29.1 Å². The Bertz CT molecular complexity index is 615. The van der Waals surface area contributed by atoms with Crippen molar-refractivity contribution in [1.29, 1.82) is 0 Å². The van der Waals surface area contributed by atoms with Crippen LogP contribution >= 0.6 is 11.3 Å². The lowest BCUT2D eigenvalue weighted by molar-refractivity contribution is -0.142. The molecule has 2 N–H and O–H groups in total. The van der Waals surface area contributed by atoms with Gasteiger partial charge < -0.3 is 10.4 Å².